The smallest absolute Gasteiger partial charge is 0.272 e. The monoisotopic (exact) mass is 307 g/mol. The lowest BCUT2D eigenvalue weighted by Crippen LogP contribution is -2.44. The summed E-state index contributed by atoms with van der Waals surface area (Å²) in [4.78, 5) is 11.7. The van der Waals surface area contributed by atoms with Gasteiger partial charge in [0.15, 0.2) is 5.11 Å². The van der Waals surface area contributed by atoms with Gasteiger partial charge in [0.2, 0.25) is 0 Å². The molecule has 0 radical (unpaired) electrons. The molecule has 1 amide bonds. The van der Waals surface area contributed by atoms with Crippen molar-refractivity contribution in [2.24, 2.45) is 0 Å². The van der Waals surface area contributed by atoms with Gasteiger partial charge in [-0.3, -0.25) is 15.6 Å². The quantitative estimate of drug-likeness (QED) is 0.590. The van der Waals surface area contributed by atoms with E-state index in [0.29, 0.717) is 0 Å². The van der Waals surface area contributed by atoms with Gasteiger partial charge in [-0.1, -0.05) is 24.3 Å². The molecule has 3 N–H and O–H groups in total. The number of para-hydroxylation sites is 1. The van der Waals surface area contributed by atoms with Gasteiger partial charge in [-0.2, -0.15) is 0 Å². The van der Waals surface area contributed by atoms with Crippen LogP contribution < -0.4 is 16.2 Å². The van der Waals surface area contributed by atoms with Crippen molar-refractivity contribution < 1.29 is 13.6 Å². The zero-order chi connectivity index (χ0) is 15.2. The molecule has 0 spiro atoms. The number of benzene rings is 2. The Kier molecular flexibility index (Phi) is 4.78. The SMILES string of the molecule is O=C(NNC(=S)Nc1ccccc1F)c1ccccc1F. The number of halogens is 2. The summed E-state index contributed by atoms with van der Waals surface area (Å²) in [6, 6.07) is 11.4. The molecule has 108 valence electrons. The molecule has 0 saturated carbocycles. The van der Waals surface area contributed by atoms with E-state index in [2.05, 4.69) is 16.2 Å². The van der Waals surface area contributed by atoms with Crippen LogP contribution in [0.4, 0.5) is 14.5 Å². The lowest BCUT2D eigenvalue weighted by Gasteiger charge is -2.12. The van der Waals surface area contributed by atoms with Gasteiger partial charge in [-0.05, 0) is 36.5 Å². The highest BCUT2D eigenvalue weighted by Crippen LogP contribution is 2.11. The maximum Gasteiger partial charge on any atom is 0.272 e. The molecule has 21 heavy (non-hydrogen) atoms. The summed E-state index contributed by atoms with van der Waals surface area (Å²) in [5.41, 5.74) is 4.63. The second kappa shape index (κ2) is 6.76. The molecule has 0 aromatic heterocycles. The summed E-state index contributed by atoms with van der Waals surface area (Å²) in [6.45, 7) is 0. The third-order valence-corrected chi connectivity index (χ3v) is 2.73. The lowest BCUT2D eigenvalue weighted by atomic mass is 10.2. The van der Waals surface area contributed by atoms with Crippen LogP contribution in [0.1, 0.15) is 10.4 Å². The van der Waals surface area contributed by atoms with Gasteiger partial charge in [0, 0.05) is 0 Å². The van der Waals surface area contributed by atoms with E-state index in [4.69, 9.17) is 12.2 Å². The molecule has 4 nitrogen and oxygen atoms in total. The highest BCUT2D eigenvalue weighted by molar-refractivity contribution is 7.80. The number of hydrogen-bond acceptors (Lipinski definition) is 2. The number of hydrogen-bond donors (Lipinski definition) is 3. The fourth-order valence-corrected chi connectivity index (χ4v) is 1.70. The molecule has 0 bridgehead atoms. The normalized spacial score (nSPS) is 9.81. The second-order valence-corrected chi connectivity index (χ2v) is 4.40. The van der Waals surface area contributed by atoms with Gasteiger partial charge in [0.1, 0.15) is 11.6 Å². The van der Waals surface area contributed by atoms with Gasteiger partial charge < -0.3 is 5.32 Å². The zero-order valence-electron chi connectivity index (χ0n) is 10.7. The molecule has 0 saturated heterocycles. The molecule has 0 aliphatic rings. The van der Waals surface area contributed by atoms with E-state index < -0.39 is 17.5 Å². The first-order chi connectivity index (χ1) is 10.1. The van der Waals surface area contributed by atoms with E-state index in [0.717, 1.165) is 0 Å². The standard InChI is InChI=1S/C14H11F2N3OS/c15-10-6-2-1-5-9(10)13(20)18-19-14(21)17-12-8-4-3-7-11(12)16/h1-8H,(H,18,20)(H2,17,19,21). The molecular formula is C14H11F2N3OS. The fraction of sp³-hybridized carbons (Fsp3) is 0. The van der Waals surface area contributed by atoms with Crippen LogP contribution in [0.5, 0.6) is 0 Å². The van der Waals surface area contributed by atoms with Crippen LogP contribution in [-0.4, -0.2) is 11.0 Å². The average molecular weight is 307 g/mol. The van der Waals surface area contributed by atoms with Crippen molar-refractivity contribution in [1.29, 1.82) is 0 Å². The van der Waals surface area contributed by atoms with Gasteiger partial charge in [0.05, 0.1) is 11.3 Å². The van der Waals surface area contributed by atoms with Crippen molar-refractivity contribution in [2.75, 3.05) is 5.32 Å². The Bertz CT molecular complexity index is 679. The van der Waals surface area contributed by atoms with Crippen LogP contribution in [0.15, 0.2) is 48.5 Å². The van der Waals surface area contributed by atoms with E-state index in [1.807, 2.05) is 0 Å². The summed E-state index contributed by atoms with van der Waals surface area (Å²) in [6.07, 6.45) is 0. The Morgan fingerprint density at radius 1 is 0.905 bits per heavy atom. The van der Waals surface area contributed by atoms with Gasteiger partial charge >= 0.3 is 0 Å². The van der Waals surface area contributed by atoms with Gasteiger partial charge in [-0.15, -0.1) is 0 Å². The molecule has 0 atom stereocenters. The van der Waals surface area contributed by atoms with E-state index >= 15 is 0 Å². The highest BCUT2D eigenvalue weighted by Gasteiger charge is 2.10. The van der Waals surface area contributed by atoms with Crippen LogP contribution in [0.25, 0.3) is 0 Å². The number of amides is 1. The molecule has 0 aliphatic heterocycles. The van der Waals surface area contributed by atoms with Crippen molar-refractivity contribution >= 4 is 28.9 Å². The molecule has 7 heteroatoms. The first kappa shape index (κ1) is 14.9. The van der Waals surface area contributed by atoms with Crippen LogP contribution in [-0.2, 0) is 0 Å². The van der Waals surface area contributed by atoms with E-state index in [-0.39, 0.29) is 16.4 Å². The van der Waals surface area contributed by atoms with Crippen molar-refractivity contribution in [2.45, 2.75) is 0 Å². The Labute approximate surface area is 125 Å². The molecular weight excluding hydrogens is 296 g/mol. The molecule has 0 aliphatic carbocycles. The third kappa shape index (κ3) is 3.96. The number of rotatable bonds is 2. The molecule has 0 heterocycles. The minimum absolute atomic E-state index is 0.0233. The number of hydrazine groups is 1. The first-order valence-corrected chi connectivity index (χ1v) is 6.35. The maximum absolute atomic E-state index is 13.4. The number of carbonyl (C=O) groups is 1. The summed E-state index contributed by atoms with van der Waals surface area (Å²) in [7, 11) is 0. The zero-order valence-corrected chi connectivity index (χ0v) is 11.5. The van der Waals surface area contributed by atoms with Crippen LogP contribution >= 0.6 is 12.2 Å². The molecule has 2 aromatic rings. The number of carbonyl (C=O) groups excluding carboxylic acids is 1. The summed E-state index contributed by atoms with van der Waals surface area (Å²) < 4.78 is 26.8. The molecule has 0 unspecified atom stereocenters. The van der Waals surface area contributed by atoms with E-state index in [1.54, 1.807) is 6.07 Å². The first-order valence-electron chi connectivity index (χ1n) is 5.94. The Hall–Kier alpha value is -2.54. The summed E-state index contributed by atoms with van der Waals surface area (Å²) in [5.74, 6) is -1.82. The topological polar surface area (TPSA) is 53.2 Å². The summed E-state index contributed by atoms with van der Waals surface area (Å²) >= 11 is 4.90. The maximum atomic E-state index is 13.4. The van der Waals surface area contributed by atoms with Crippen LogP contribution in [0, 0.1) is 11.6 Å². The Morgan fingerprint density at radius 2 is 1.52 bits per heavy atom. The van der Waals surface area contributed by atoms with Crippen molar-refractivity contribution in [3.05, 3.63) is 65.7 Å². The Balaban J connectivity index is 1.91. The minimum atomic E-state index is -0.689. The third-order valence-electron chi connectivity index (χ3n) is 2.53. The molecule has 0 fully saturated rings. The van der Waals surface area contributed by atoms with Gasteiger partial charge in [-0.25, -0.2) is 8.78 Å². The van der Waals surface area contributed by atoms with Crippen LogP contribution in [0.3, 0.4) is 0 Å². The van der Waals surface area contributed by atoms with E-state index in [1.165, 1.54) is 42.5 Å². The second-order valence-electron chi connectivity index (χ2n) is 3.99. The summed E-state index contributed by atoms with van der Waals surface area (Å²) in [5, 5.41) is 2.55. The van der Waals surface area contributed by atoms with Crippen molar-refractivity contribution in [1.82, 2.24) is 10.9 Å². The molecule has 2 rings (SSSR count). The highest BCUT2D eigenvalue weighted by atomic mass is 32.1. The van der Waals surface area contributed by atoms with Crippen LogP contribution in [0.2, 0.25) is 0 Å². The van der Waals surface area contributed by atoms with Crippen molar-refractivity contribution in [3.63, 3.8) is 0 Å². The lowest BCUT2D eigenvalue weighted by molar-refractivity contribution is 0.0940. The van der Waals surface area contributed by atoms with E-state index in [9.17, 15) is 13.6 Å². The fourth-order valence-electron chi connectivity index (χ4n) is 1.54. The number of thiocarbonyl (C=S) groups is 1. The number of nitrogens with one attached hydrogen (secondary N) is 3. The minimum Gasteiger partial charge on any atom is -0.329 e. The largest absolute Gasteiger partial charge is 0.329 e. The van der Waals surface area contributed by atoms with Crippen molar-refractivity contribution in [3.8, 4) is 0 Å². The average Bonchev–Trinajstić information content (AvgIpc) is 2.48. The Morgan fingerprint density at radius 3 is 2.19 bits per heavy atom. The van der Waals surface area contributed by atoms with Gasteiger partial charge in [0.25, 0.3) is 5.91 Å². The number of anilines is 1. The predicted octanol–water partition coefficient (Wildman–Crippen LogP) is 2.60. The predicted molar refractivity (Wildman–Crippen MR) is 79.6 cm³/mol. The molecule has 2 aromatic carbocycles.